The van der Waals surface area contributed by atoms with Crippen LogP contribution in [0.15, 0.2) is 42.5 Å². The number of carbonyl (C=O) groups excluding carboxylic acids is 1. The van der Waals surface area contributed by atoms with Crippen molar-refractivity contribution in [2.24, 2.45) is 5.92 Å². The lowest BCUT2D eigenvalue weighted by atomic mass is 9.95. The first-order valence-corrected chi connectivity index (χ1v) is 10.0. The molecule has 154 valence electrons. The number of hydrogen-bond donors (Lipinski definition) is 1. The van der Waals surface area contributed by atoms with Crippen LogP contribution in [0.5, 0.6) is 17.2 Å². The van der Waals surface area contributed by atoms with Gasteiger partial charge in [0.2, 0.25) is 5.91 Å². The van der Waals surface area contributed by atoms with Gasteiger partial charge in [-0.25, -0.2) is 0 Å². The summed E-state index contributed by atoms with van der Waals surface area (Å²) in [5, 5.41) is 3.11. The van der Waals surface area contributed by atoms with Crippen LogP contribution in [-0.4, -0.2) is 26.2 Å². The molecule has 0 saturated carbocycles. The first-order valence-electron chi connectivity index (χ1n) is 10.0. The van der Waals surface area contributed by atoms with Crippen LogP contribution >= 0.6 is 0 Å². The summed E-state index contributed by atoms with van der Waals surface area (Å²) in [7, 11) is 1.63. The maximum absolute atomic E-state index is 12.6. The highest BCUT2D eigenvalue weighted by atomic mass is 16.5. The molecule has 29 heavy (non-hydrogen) atoms. The molecule has 1 aliphatic rings. The van der Waals surface area contributed by atoms with E-state index >= 15 is 0 Å². The van der Waals surface area contributed by atoms with E-state index in [1.165, 1.54) is 0 Å². The molecule has 1 amide bonds. The maximum Gasteiger partial charge on any atom is 0.244 e. The summed E-state index contributed by atoms with van der Waals surface area (Å²) in [6.45, 7) is 7.47. The minimum Gasteiger partial charge on any atom is -0.496 e. The standard InChI is InChI=1S/C24H29NO4/c1-16(2)24(19-7-10-21-22(15-19)29-13-5-12-28-21)25-23(26)11-8-18-14-17(3)6-9-20(18)27-4/h6-11,14-16,24H,5,12-13H2,1-4H3,(H,25,26)/b11-8+. The quantitative estimate of drug-likeness (QED) is 0.721. The van der Waals surface area contributed by atoms with Gasteiger partial charge >= 0.3 is 0 Å². The predicted octanol–water partition coefficient (Wildman–Crippen LogP) is 4.69. The number of aryl methyl sites for hydroxylation is 1. The van der Waals surface area contributed by atoms with Gasteiger partial charge in [0.1, 0.15) is 5.75 Å². The summed E-state index contributed by atoms with van der Waals surface area (Å²) >= 11 is 0. The fourth-order valence-electron chi connectivity index (χ4n) is 3.36. The molecular formula is C24H29NO4. The van der Waals surface area contributed by atoms with Crippen LogP contribution in [0.1, 0.15) is 43.0 Å². The Morgan fingerprint density at radius 2 is 1.86 bits per heavy atom. The molecule has 1 atom stereocenters. The van der Waals surface area contributed by atoms with Crippen molar-refractivity contribution in [2.75, 3.05) is 20.3 Å². The SMILES string of the molecule is COc1ccc(C)cc1/C=C/C(=O)NC(c1ccc2c(c1)OCCCO2)C(C)C. The molecule has 2 aromatic rings. The number of carbonyl (C=O) groups is 1. The highest BCUT2D eigenvalue weighted by Crippen LogP contribution is 2.34. The lowest BCUT2D eigenvalue weighted by Crippen LogP contribution is -2.30. The number of amides is 1. The van der Waals surface area contributed by atoms with E-state index in [9.17, 15) is 4.79 Å². The summed E-state index contributed by atoms with van der Waals surface area (Å²) in [5.74, 6) is 2.29. The molecule has 1 N–H and O–H groups in total. The van der Waals surface area contributed by atoms with Gasteiger partial charge in [0.15, 0.2) is 11.5 Å². The number of rotatable bonds is 6. The zero-order valence-electron chi connectivity index (χ0n) is 17.5. The number of hydrogen-bond acceptors (Lipinski definition) is 4. The smallest absolute Gasteiger partial charge is 0.244 e. The van der Waals surface area contributed by atoms with Gasteiger partial charge in [0.05, 0.1) is 26.4 Å². The minimum absolute atomic E-state index is 0.135. The fraction of sp³-hybridized carbons (Fsp3) is 0.375. The Hall–Kier alpha value is -2.95. The molecule has 0 aliphatic carbocycles. The zero-order chi connectivity index (χ0) is 20.8. The van der Waals surface area contributed by atoms with Gasteiger partial charge in [-0.1, -0.05) is 31.5 Å². The third-order valence-electron chi connectivity index (χ3n) is 4.89. The van der Waals surface area contributed by atoms with E-state index in [2.05, 4.69) is 19.2 Å². The number of methoxy groups -OCH3 is 1. The highest BCUT2D eigenvalue weighted by Gasteiger charge is 2.20. The van der Waals surface area contributed by atoms with E-state index in [-0.39, 0.29) is 17.9 Å². The van der Waals surface area contributed by atoms with Crippen molar-refractivity contribution < 1.29 is 19.0 Å². The Bertz CT molecular complexity index is 888. The molecule has 0 fully saturated rings. The molecule has 1 aliphatic heterocycles. The number of benzene rings is 2. The van der Waals surface area contributed by atoms with Gasteiger partial charge in [-0.15, -0.1) is 0 Å². The van der Waals surface area contributed by atoms with Crippen LogP contribution in [0.2, 0.25) is 0 Å². The fourth-order valence-corrected chi connectivity index (χ4v) is 3.36. The third-order valence-corrected chi connectivity index (χ3v) is 4.89. The van der Waals surface area contributed by atoms with E-state index < -0.39 is 0 Å². The Morgan fingerprint density at radius 3 is 2.59 bits per heavy atom. The number of nitrogens with one attached hydrogen (secondary N) is 1. The van der Waals surface area contributed by atoms with E-state index in [0.717, 1.165) is 40.4 Å². The van der Waals surface area contributed by atoms with Crippen molar-refractivity contribution in [3.63, 3.8) is 0 Å². The molecule has 0 saturated heterocycles. The van der Waals surface area contributed by atoms with Crippen molar-refractivity contribution >= 4 is 12.0 Å². The van der Waals surface area contributed by atoms with Gasteiger partial charge in [0, 0.05) is 18.1 Å². The van der Waals surface area contributed by atoms with Gasteiger partial charge in [0.25, 0.3) is 0 Å². The third kappa shape index (κ3) is 5.31. The van der Waals surface area contributed by atoms with Crippen molar-refractivity contribution in [3.8, 4) is 17.2 Å². The van der Waals surface area contributed by atoms with Gasteiger partial charge in [-0.2, -0.15) is 0 Å². The predicted molar refractivity (Wildman–Crippen MR) is 115 cm³/mol. The highest BCUT2D eigenvalue weighted by molar-refractivity contribution is 5.92. The molecule has 2 aromatic carbocycles. The van der Waals surface area contributed by atoms with Crippen molar-refractivity contribution in [1.82, 2.24) is 5.32 Å². The Labute approximate surface area is 172 Å². The van der Waals surface area contributed by atoms with Crippen LogP contribution in [0.25, 0.3) is 6.08 Å². The molecule has 5 nitrogen and oxygen atoms in total. The number of ether oxygens (including phenoxy) is 3. The summed E-state index contributed by atoms with van der Waals surface area (Å²) < 4.78 is 16.9. The second-order valence-electron chi connectivity index (χ2n) is 7.57. The van der Waals surface area contributed by atoms with Crippen molar-refractivity contribution in [3.05, 3.63) is 59.2 Å². The summed E-state index contributed by atoms with van der Waals surface area (Å²) in [4.78, 5) is 12.6. The summed E-state index contributed by atoms with van der Waals surface area (Å²) in [6.07, 6.45) is 4.20. The minimum atomic E-state index is -0.153. The normalized spacial score (nSPS) is 14.5. The lowest BCUT2D eigenvalue weighted by molar-refractivity contribution is -0.117. The summed E-state index contributed by atoms with van der Waals surface area (Å²) in [6, 6.07) is 11.6. The molecule has 0 aromatic heterocycles. The first kappa shape index (κ1) is 20.8. The topological polar surface area (TPSA) is 56.8 Å². The van der Waals surface area contributed by atoms with Crippen LogP contribution in [0.4, 0.5) is 0 Å². The molecule has 1 unspecified atom stereocenters. The second kappa shape index (κ2) is 9.50. The number of fused-ring (bicyclic) bond motifs is 1. The van der Waals surface area contributed by atoms with Crippen LogP contribution in [0, 0.1) is 12.8 Å². The molecule has 5 heteroatoms. The Kier molecular flexibility index (Phi) is 6.81. The zero-order valence-corrected chi connectivity index (χ0v) is 17.5. The molecule has 0 radical (unpaired) electrons. The van der Waals surface area contributed by atoms with Gasteiger partial charge < -0.3 is 19.5 Å². The molecule has 3 rings (SSSR count). The first-order chi connectivity index (χ1) is 14.0. The second-order valence-corrected chi connectivity index (χ2v) is 7.57. The van der Waals surface area contributed by atoms with Gasteiger partial charge in [-0.3, -0.25) is 4.79 Å². The average Bonchev–Trinajstić information content (AvgIpc) is 2.95. The largest absolute Gasteiger partial charge is 0.496 e. The van der Waals surface area contributed by atoms with Crippen LogP contribution in [0.3, 0.4) is 0 Å². The van der Waals surface area contributed by atoms with Crippen molar-refractivity contribution in [2.45, 2.75) is 33.2 Å². The van der Waals surface area contributed by atoms with Crippen LogP contribution in [-0.2, 0) is 4.79 Å². The monoisotopic (exact) mass is 395 g/mol. The molecule has 1 heterocycles. The van der Waals surface area contributed by atoms with Crippen LogP contribution < -0.4 is 19.5 Å². The van der Waals surface area contributed by atoms with Crippen molar-refractivity contribution in [1.29, 1.82) is 0 Å². The molecule has 0 bridgehead atoms. The summed E-state index contributed by atoms with van der Waals surface area (Å²) in [5.41, 5.74) is 2.98. The molecular weight excluding hydrogens is 366 g/mol. The maximum atomic E-state index is 12.6. The molecule has 0 spiro atoms. The van der Waals surface area contributed by atoms with E-state index in [0.29, 0.717) is 13.2 Å². The lowest BCUT2D eigenvalue weighted by Gasteiger charge is -2.23. The average molecular weight is 395 g/mol. The van der Waals surface area contributed by atoms with Gasteiger partial charge in [-0.05, 0) is 48.7 Å². The van der Waals surface area contributed by atoms with E-state index in [1.807, 2.05) is 43.3 Å². The van der Waals surface area contributed by atoms with E-state index in [4.69, 9.17) is 14.2 Å². The Balaban J connectivity index is 1.76. The Morgan fingerprint density at radius 1 is 1.10 bits per heavy atom. The van der Waals surface area contributed by atoms with E-state index in [1.54, 1.807) is 19.3 Å².